The summed E-state index contributed by atoms with van der Waals surface area (Å²) in [5.41, 5.74) is 6.42. The first kappa shape index (κ1) is 16.7. The summed E-state index contributed by atoms with van der Waals surface area (Å²) >= 11 is 0. The van der Waals surface area contributed by atoms with Crippen LogP contribution in [0.4, 0.5) is 0 Å². The number of carbonyl (C=O) groups is 2. The van der Waals surface area contributed by atoms with Gasteiger partial charge in [-0.15, -0.1) is 0 Å². The number of amides is 1. The summed E-state index contributed by atoms with van der Waals surface area (Å²) in [5, 5.41) is 27.8. The molecule has 1 aromatic carbocycles. The van der Waals surface area contributed by atoms with Gasteiger partial charge in [0.1, 0.15) is 23.8 Å². The lowest BCUT2D eigenvalue weighted by atomic mass is 10.1. The van der Waals surface area contributed by atoms with E-state index in [1.165, 1.54) is 25.1 Å². The van der Waals surface area contributed by atoms with Gasteiger partial charge in [0.2, 0.25) is 0 Å². The highest BCUT2D eigenvalue weighted by Gasteiger charge is 2.36. The third kappa shape index (κ3) is 3.74. The lowest BCUT2D eigenvalue weighted by molar-refractivity contribution is -0.140. The number of nitrogens with two attached hydrogens (primary N) is 1. The monoisotopic (exact) mass is 319 g/mol. The van der Waals surface area contributed by atoms with E-state index in [0.717, 1.165) is 4.90 Å². The van der Waals surface area contributed by atoms with Crippen molar-refractivity contribution in [2.45, 2.75) is 19.1 Å². The minimum absolute atomic E-state index is 0.0115. The topological polar surface area (TPSA) is 136 Å². The zero-order chi connectivity index (χ0) is 17.1. The normalized spacial score (nSPS) is 18.9. The molecule has 0 aliphatic carbocycles. The van der Waals surface area contributed by atoms with E-state index in [4.69, 9.17) is 10.8 Å². The second kappa shape index (κ2) is 6.59. The fourth-order valence-electron chi connectivity index (χ4n) is 2.05. The predicted octanol–water partition coefficient (Wildman–Crippen LogP) is -0.234. The van der Waals surface area contributed by atoms with Crippen LogP contribution in [0.1, 0.15) is 12.5 Å². The van der Waals surface area contributed by atoms with E-state index in [9.17, 15) is 19.8 Å². The van der Waals surface area contributed by atoms with Crippen molar-refractivity contribution in [1.82, 2.24) is 4.90 Å². The number of rotatable bonds is 5. The number of amidine groups is 1. The summed E-state index contributed by atoms with van der Waals surface area (Å²) in [6.07, 6.45) is 0.462. The van der Waals surface area contributed by atoms with Crippen LogP contribution in [0.15, 0.2) is 35.0 Å². The fourth-order valence-corrected chi connectivity index (χ4v) is 2.05. The van der Waals surface area contributed by atoms with E-state index in [0.29, 0.717) is 5.56 Å². The number of carbonyl (C=O) groups excluding carboxylic acids is 1. The smallest absolute Gasteiger partial charge is 0.323 e. The number of carboxylic acid groups (broad SMARTS) is 1. The second-order valence-corrected chi connectivity index (χ2v) is 5.14. The Hall–Kier alpha value is -2.71. The number of nitrogens with zero attached hydrogens (tertiary/aromatic N) is 2. The molecule has 122 valence electrons. The lowest BCUT2D eigenvalue weighted by Gasteiger charge is -2.22. The minimum Gasteiger partial charge on any atom is -0.508 e. The Morgan fingerprint density at radius 1 is 1.39 bits per heavy atom. The largest absolute Gasteiger partial charge is 0.508 e. The molecule has 0 bridgehead atoms. The van der Waals surface area contributed by atoms with Crippen molar-refractivity contribution in [3.05, 3.63) is 35.5 Å². The third-order valence-electron chi connectivity index (χ3n) is 3.28. The summed E-state index contributed by atoms with van der Waals surface area (Å²) < 4.78 is 0. The Labute approximate surface area is 132 Å². The number of phenols is 1. The minimum atomic E-state index is -1.21. The molecule has 0 aromatic heterocycles. The van der Waals surface area contributed by atoms with Gasteiger partial charge in [-0.05, 0) is 30.7 Å². The number of aliphatic hydroxyl groups excluding tert-OH is 1. The Balaban J connectivity index is 2.38. The van der Waals surface area contributed by atoms with Crippen LogP contribution in [-0.4, -0.2) is 56.6 Å². The Kier molecular flexibility index (Phi) is 4.77. The number of benzene rings is 1. The van der Waals surface area contributed by atoms with Crippen molar-refractivity contribution < 1.29 is 24.9 Å². The van der Waals surface area contributed by atoms with Crippen molar-refractivity contribution in [2.75, 3.05) is 6.54 Å². The molecule has 1 aliphatic heterocycles. The van der Waals surface area contributed by atoms with Crippen LogP contribution < -0.4 is 5.73 Å². The molecule has 0 spiro atoms. The van der Waals surface area contributed by atoms with Gasteiger partial charge in [0.15, 0.2) is 0 Å². The molecular formula is C15H17N3O5. The Bertz CT molecular complexity index is 679. The standard InChI is InChI=1S/C15H17N3O5/c1-8(19)13(16)14-17-11(15(23)18(14)7-12(21)22)6-9-2-4-10(20)5-3-9/h2-6,8,13,19-20H,7,16H2,1H3,(H,21,22). The van der Waals surface area contributed by atoms with E-state index in [-0.39, 0.29) is 17.3 Å². The van der Waals surface area contributed by atoms with Crippen molar-refractivity contribution in [3.8, 4) is 5.75 Å². The van der Waals surface area contributed by atoms with Crippen LogP contribution in [0, 0.1) is 0 Å². The van der Waals surface area contributed by atoms with E-state index in [2.05, 4.69) is 4.99 Å². The lowest BCUT2D eigenvalue weighted by Crippen LogP contribution is -2.50. The number of aliphatic imine (C=N–C) groups is 1. The van der Waals surface area contributed by atoms with Crippen molar-refractivity contribution in [2.24, 2.45) is 10.7 Å². The zero-order valence-electron chi connectivity index (χ0n) is 12.4. The van der Waals surface area contributed by atoms with Crippen molar-refractivity contribution in [3.63, 3.8) is 0 Å². The van der Waals surface area contributed by atoms with E-state index in [1.54, 1.807) is 12.1 Å². The third-order valence-corrected chi connectivity index (χ3v) is 3.28. The summed E-state index contributed by atoms with van der Waals surface area (Å²) in [5.74, 6) is -1.73. The fraction of sp³-hybridized carbons (Fsp3) is 0.267. The van der Waals surface area contributed by atoms with Gasteiger partial charge in [-0.25, -0.2) is 4.99 Å². The average molecular weight is 319 g/mol. The van der Waals surface area contributed by atoms with Gasteiger partial charge in [-0.2, -0.15) is 0 Å². The van der Waals surface area contributed by atoms with Gasteiger partial charge in [0.05, 0.1) is 12.1 Å². The first-order valence-electron chi connectivity index (χ1n) is 6.86. The SMILES string of the molecule is CC(O)C(N)C1=NC(=Cc2ccc(O)cc2)C(=O)N1CC(=O)O. The first-order valence-corrected chi connectivity index (χ1v) is 6.86. The van der Waals surface area contributed by atoms with E-state index < -0.39 is 30.6 Å². The molecule has 2 unspecified atom stereocenters. The first-order chi connectivity index (χ1) is 10.8. The van der Waals surface area contributed by atoms with Crippen LogP contribution in [0.2, 0.25) is 0 Å². The molecule has 1 amide bonds. The molecule has 2 rings (SSSR count). The van der Waals surface area contributed by atoms with Crippen molar-refractivity contribution >= 4 is 23.8 Å². The van der Waals surface area contributed by atoms with Crippen molar-refractivity contribution in [1.29, 1.82) is 0 Å². The molecule has 1 aliphatic rings. The van der Waals surface area contributed by atoms with Gasteiger partial charge < -0.3 is 21.1 Å². The summed E-state index contributed by atoms with van der Waals surface area (Å²) in [6.45, 7) is 0.837. The summed E-state index contributed by atoms with van der Waals surface area (Å²) in [6, 6.07) is 5.09. The average Bonchev–Trinajstić information content (AvgIpc) is 2.77. The highest BCUT2D eigenvalue weighted by Crippen LogP contribution is 2.21. The van der Waals surface area contributed by atoms with Crippen LogP contribution in [-0.2, 0) is 9.59 Å². The molecule has 8 nitrogen and oxygen atoms in total. The number of phenolic OH excluding ortho intramolecular Hbond substituents is 1. The molecular weight excluding hydrogens is 302 g/mol. The number of carboxylic acids is 1. The Morgan fingerprint density at radius 2 is 2.00 bits per heavy atom. The highest BCUT2D eigenvalue weighted by molar-refractivity contribution is 6.17. The predicted molar refractivity (Wildman–Crippen MR) is 82.5 cm³/mol. The van der Waals surface area contributed by atoms with Crippen LogP contribution >= 0.6 is 0 Å². The zero-order valence-corrected chi connectivity index (χ0v) is 12.4. The molecule has 0 fully saturated rings. The van der Waals surface area contributed by atoms with Crippen LogP contribution in [0.3, 0.4) is 0 Å². The molecule has 0 radical (unpaired) electrons. The quantitative estimate of drug-likeness (QED) is 0.553. The van der Waals surface area contributed by atoms with Gasteiger partial charge >= 0.3 is 5.97 Å². The van der Waals surface area contributed by atoms with Gasteiger partial charge in [-0.3, -0.25) is 14.5 Å². The number of hydrogen-bond acceptors (Lipinski definition) is 6. The highest BCUT2D eigenvalue weighted by atomic mass is 16.4. The number of hydrogen-bond donors (Lipinski definition) is 4. The maximum absolute atomic E-state index is 12.3. The molecule has 23 heavy (non-hydrogen) atoms. The van der Waals surface area contributed by atoms with Crippen LogP contribution in [0.25, 0.3) is 6.08 Å². The van der Waals surface area contributed by atoms with E-state index >= 15 is 0 Å². The molecule has 0 saturated carbocycles. The molecule has 0 saturated heterocycles. The van der Waals surface area contributed by atoms with E-state index in [1.807, 2.05) is 0 Å². The maximum Gasteiger partial charge on any atom is 0.323 e. The number of aliphatic carboxylic acids is 1. The summed E-state index contributed by atoms with van der Waals surface area (Å²) in [7, 11) is 0. The van der Waals surface area contributed by atoms with Crippen LogP contribution in [0.5, 0.6) is 5.75 Å². The summed E-state index contributed by atoms with van der Waals surface area (Å²) in [4.78, 5) is 28.3. The van der Waals surface area contributed by atoms with Gasteiger partial charge in [-0.1, -0.05) is 12.1 Å². The van der Waals surface area contributed by atoms with Gasteiger partial charge in [0.25, 0.3) is 5.91 Å². The molecule has 5 N–H and O–H groups in total. The maximum atomic E-state index is 12.3. The molecule has 1 heterocycles. The molecule has 1 aromatic rings. The molecule has 8 heteroatoms. The number of aromatic hydroxyl groups is 1. The number of aliphatic hydroxyl groups is 1. The van der Waals surface area contributed by atoms with Gasteiger partial charge in [0, 0.05) is 0 Å². The Morgan fingerprint density at radius 3 is 2.52 bits per heavy atom. The second-order valence-electron chi connectivity index (χ2n) is 5.14. The molecule has 2 atom stereocenters.